The number of ether oxygens (including phenoxy) is 1. The quantitative estimate of drug-likeness (QED) is 0.783. The zero-order valence-electron chi connectivity index (χ0n) is 8.77. The minimum Gasteiger partial charge on any atom is -0.477 e. The average molecular weight is 223 g/mol. The normalized spacial score (nSPS) is 13.6. The molecule has 1 aliphatic carbocycles. The van der Waals surface area contributed by atoms with Gasteiger partial charge in [-0.15, -0.1) is 0 Å². The lowest BCUT2D eigenvalue weighted by atomic mass is 10.1. The van der Waals surface area contributed by atoms with Gasteiger partial charge in [0.25, 0.3) is 0 Å². The largest absolute Gasteiger partial charge is 0.477 e. The number of nitrogens with zero attached hydrogens (tertiary/aromatic N) is 1. The van der Waals surface area contributed by atoms with Gasteiger partial charge in [-0.3, -0.25) is 0 Å². The minimum atomic E-state index is -1.05. The summed E-state index contributed by atoms with van der Waals surface area (Å²) in [6.45, 7) is -0.0934. The van der Waals surface area contributed by atoms with Crippen molar-refractivity contribution in [2.24, 2.45) is 0 Å². The van der Waals surface area contributed by atoms with Crippen LogP contribution in [0.15, 0.2) is 6.07 Å². The van der Waals surface area contributed by atoms with Crippen LogP contribution in [0, 0.1) is 0 Å². The van der Waals surface area contributed by atoms with E-state index in [1.165, 1.54) is 0 Å². The maximum absolute atomic E-state index is 11.0. The Labute approximate surface area is 92.7 Å². The van der Waals surface area contributed by atoms with E-state index in [1.807, 2.05) is 0 Å². The molecule has 2 N–H and O–H groups in total. The molecule has 1 aliphatic rings. The van der Waals surface area contributed by atoms with Crippen LogP contribution in [0.3, 0.4) is 0 Å². The number of aliphatic hydroxyl groups is 1. The van der Waals surface area contributed by atoms with Gasteiger partial charge in [-0.1, -0.05) is 0 Å². The lowest BCUT2D eigenvalue weighted by molar-refractivity contribution is 0.0689. The summed E-state index contributed by atoms with van der Waals surface area (Å²) in [5.41, 5.74) is 1.99. The van der Waals surface area contributed by atoms with E-state index in [9.17, 15) is 4.79 Å². The van der Waals surface area contributed by atoms with Crippen LogP contribution in [0.25, 0.3) is 0 Å². The van der Waals surface area contributed by atoms with Crippen molar-refractivity contribution in [2.75, 3.05) is 13.2 Å². The van der Waals surface area contributed by atoms with Crippen LogP contribution in [0.5, 0.6) is 5.88 Å². The number of rotatable bonds is 4. The van der Waals surface area contributed by atoms with Crippen LogP contribution in [-0.4, -0.2) is 34.4 Å². The number of aromatic carboxylic acids is 1. The molecule has 0 aromatic carbocycles. The third-order valence-corrected chi connectivity index (χ3v) is 2.58. The van der Waals surface area contributed by atoms with E-state index in [1.54, 1.807) is 6.07 Å². The molecule has 0 fully saturated rings. The van der Waals surface area contributed by atoms with Crippen LogP contribution in [-0.2, 0) is 12.8 Å². The second kappa shape index (κ2) is 4.49. The van der Waals surface area contributed by atoms with Gasteiger partial charge in [0.15, 0.2) is 0 Å². The first-order chi connectivity index (χ1) is 7.72. The van der Waals surface area contributed by atoms with Crippen molar-refractivity contribution < 1.29 is 19.7 Å². The first-order valence-electron chi connectivity index (χ1n) is 5.22. The number of aromatic nitrogens is 1. The Kier molecular flexibility index (Phi) is 3.05. The molecule has 2 rings (SSSR count). The fraction of sp³-hybridized carbons (Fsp3) is 0.455. The zero-order chi connectivity index (χ0) is 11.5. The molecule has 0 radical (unpaired) electrons. The van der Waals surface area contributed by atoms with Crippen molar-refractivity contribution in [1.82, 2.24) is 4.98 Å². The topological polar surface area (TPSA) is 79.7 Å². The highest BCUT2D eigenvalue weighted by molar-refractivity contribution is 5.90. The molecule has 5 heteroatoms. The standard InChI is InChI=1S/C11H13NO4/c13-4-5-16-10-8(11(14)15)6-7-2-1-3-9(7)12-10/h6,13H,1-5H2,(H,14,15). The highest BCUT2D eigenvalue weighted by atomic mass is 16.5. The number of aliphatic hydroxyl groups excluding tert-OH is 1. The van der Waals surface area contributed by atoms with Gasteiger partial charge in [0.2, 0.25) is 5.88 Å². The van der Waals surface area contributed by atoms with E-state index in [0.717, 1.165) is 30.5 Å². The van der Waals surface area contributed by atoms with Crippen molar-refractivity contribution in [2.45, 2.75) is 19.3 Å². The van der Waals surface area contributed by atoms with E-state index < -0.39 is 5.97 Å². The summed E-state index contributed by atoms with van der Waals surface area (Å²) < 4.78 is 5.13. The maximum atomic E-state index is 11.0. The molecule has 1 aromatic rings. The molecule has 1 aromatic heterocycles. The molecular formula is C11H13NO4. The molecule has 86 valence electrons. The molecule has 1 heterocycles. The molecule has 0 atom stereocenters. The van der Waals surface area contributed by atoms with Gasteiger partial charge in [-0.25, -0.2) is 9.78 Å². The number of aryl methyl sites for hydroxylation is 2. The summed E-state index contributed by atoms with van der Waals surface area (Å²) in [5, 5.41) is 17.7. The van der Waals surface area contributed by atoms with Crippen molar-refractivity contribution in [3.63, 3.8) is 0 Å². The molecule has 0 saturated carbocycles. The van der Waals surface area contributed by atoms with E-state index in [0.29, 0.717) is 0 Å². The Balaban J connectivity index is 2.36. The van der Waals surface area contributed by atoms with Crippen LogP contribution < -0.4 is 4.74 Å². The van der Waals surface area contributed by atoms with E-state index >= 15 is 0 Å². The average Bonchev–Trinajstić information content (AvgIpc) is 2.71. The van der Waals surface area contributed by atoms with E-state index in [-0.39, 0.29) is 24.7 Å². The summed E-state index contributed by atoms with van der Waals surface area (Å²) in [4.78, 5) is 15.2. The summed E-state index contributed by atoms with van der Waals surface area (Å²) in [7, 11) is 0. The molecule has 0 amide bonds. The van der Waals surface area contributed by atoms with Gasteiger partial charge in [0, 0.05) is 5.69 Å². The Bertz CT molecular complexity index is 417. The third-order valence-electron chi connectivity index (χ3n) is 2.58. The zero-order valence-corrected chi connectivity index (χ0v) is 8.77. The van der Waals surface area contributed by atoms with Gasteiger partial charge in [0.1, 0.15) is 12.2 Å². The van der Waals surface area contributed by atoms with Crippen molar-refractivity contribution in [3.05, 3.63) is 22.9 Å². The summed E-state index contributed by atoms with van der Waals surface area (Å²) >= 11 is 0. The molecule has 5 nitrogen and oxygen atoms in total. The Morgan fingerprint density at radius 1 is 1.50 bits per heavy atom. The Morgan fingerprint density at radius 2 is 2.31 bits per heavy atom. The second-order valence-electron chi connectivity index (χ2n) is 3.68. The number of hydrogen-bond acceptors (Lipinski definition) is 4. The van der Waals surface area contributed by atoms with Crippen molar-refractivity contribution >= 4 is 5.97 Å². The predicted octanol–water partition coefficient (Wildman–Crippen LogP) is 0.640. The molecule has 0 aliphatic heterocycles. The lowest BCUT2D eigenvalue weighted by Crippen LogP contribution is -2.10. The van der Waals surface area contributed by atoms with Crippen molar-refractivity contribution in [1.29, 1.82) is 0 Å². The number of hydrogen-bond donors (Lipinski definition) is 2. The molecule has 0 bridgehead atoms. The Morgan fingerprint density at radius 3 is 3.00 bits per heavy atom. The maximum Gasteiger partial charge on any atom is 0.341 e. The van der Waals surface area contributed by atoms with Gasteiger partial charge in [-0.2, -0.15) is 0 Å². The number of fused-ring (bicyclic) bond motifs is 1. The van der Waals surface area contributed by atoms with Crippen LogP contribution in [0.2, 0.25) is 0 Å². The summed E-state index contributed by atoms with van der Waals surface area (Å²) in [5.74, 6) is -0.933. The molecule has 0 spiro atoms. The number of carboxylic acids is 1. The molecular weight excluding hydrogens is 210 g/mol. The summed E-state index contributed by atoms with van der Waals surface area (Å²) in [6.07, 6.45) is 2.75. The van der Waals surface area contributed by atoms with Gasteiger partial charge in [0.05, 0.1) is 6.61 Å². The third kappa shape index (κ3) is 1.99. The first kappa shape index (κ1) is 10.9. The molecule has 0 saturated heterocycles. The first-order valence-corrected chi connectivity index (χ1v) is 5.22. The van der Waals surface area contributed by atoms with Gasteiger partial charge in [-0.05, 0) is 30.9 Å². The molecule has 16 heavy (non-hydrogen) atoms. The fourth-order valence-corrected chi connectivity index (χ4v) is 1.86. The van der Waals surface area contributed by atoms with Crippen LogP contribution in [0.4, 0.5) is 0 Å². The second-order valence-corrected chi connectivity index (χ2v) is 3.68. The monoisotopic (exact) mass is 223 g/mol. The predicted molar refractivity (Wildman–Crippen MR) is 55.8 cm³/mol. The van der Waals surface area contributed by atoms with E-state index in [4.69, 9.17) is 14.9 Å². The van der Waals surface area contributed by atoms with E-state index in [2.05, 4.69) is 4.98 Å². The highest BCUT2D eigenvalue weighted by Crippen LogP contribution is 2.26. The molecule has 0 unspecified atom stereocenters. The van der Waals surface area contributed by atoms with Crippen LogP contribution >= 0.6 is 0 Å². The van der Waals surface area contributed by atoms with Gasteiger partial charge >= 0.3 is 5.97 Å². The minimum absolute atomic E-state index is 0.0616. The fourth-order valence-electron chi connectivity index (χ4n) is 1.86. The Hall–Kier alpha value is -1.62. The van der Waals surface area contributed by atoms with Crippen molar-refractivity contribution in [3.8, 4) is 5.88 Å². The highest BCUT2D eigenvalue weighted by Gasteiger charge is 2.20. The number of carbonyl (C=O) groups is 1. The van der Waals surface area contributed by atoms with Gasteiger partial charge < -0.3 is 14.9 Å². The number of carboxylic acid groups (broad SMARTS) is 1. The smallest absolute Gasteiger partial charge is 0.341 e. The summed E-state index contributed by atoms with van der Waals surface area (Å²) in [6, 6.07) is 1.63. The lowest BCUT2D eigenvalue weighted by Gasteiger charge is -2.09. The van der Waals surface area contributed by atoms with Crippen LogP contribution in [0.1, 0.15) is 28.0 Å². The SMILES string of the molecule is O=C(O)c1cc2c(nc1OCCO)CCC2. The number of pyridine rings is 1.